The molecule has 0 fully saturated rings. The van der Waals surface area contributed by atoms with Gasteiger partial charge in [-0.05, 0) is 24.7 Å². The molecule has 3 aromatic heterocycles. The molecule has 0 unspecified atom stereocenters. The molecule has 0 radical (unpaired) electrons. The van der Waals surface area contributed by atoms with Crippen LogP contribution in [-0.4, -0.2) is 42.9 Å². The molecule has 3 aromatic rings. The molecule has 0 bridgehead atoms. The number of nitrogens with zero attached hydrogens (tertiary/aromatic N) is 6. The molecule has 0 saturated carbocycles. The van der Waals surface area contributed by atoms with Gasteiger partial charge in [-0.3, -0.25) is 14.6 Å². The molecule has 0 N–H and O–H groups in total. The average Bonchev–Trinajstić information content (AvgIpc) is 3.24. The summed E-state index contributed by atoms with van der Waals surface area (Å²) >= 11 is 0. The molecule has 3 heterocycles. The van der Waals surface area contributed by atoms with Crippen LogP contribution in [0.4, 0.5) is 0 Å². The van der Waals surface area contributed by atoms with Crippen molar-refractivity contribution in [3.63, 3.8) is 0 Å². The minimum Gasteiger partial charge on any atom is -0.337 e. The van der Waals surface area contributed by atoms with Gasteiger partial charge in [0.1, 0.15) is 5.69 Å². The molecule has 0 saturated heterocycles. The summed E-state index contributed by atoms with van der Waals surface area (Å²) in [7, 11) is 0. The van der Waals surface area contributed by atoms with Crippen LogP contribution in [0, 0.1) is 0 Å². The van der Waals surface area contributed by atoms with E-state index in [4.69, 9.17) is 4.52 Å². The minimum absolute atomic E-state index is 0.527. The second kappa shape index (κ2) is 6.95. The van der Waals surface area contributed by atoms with Gasteiger partial charge in [-0.25, -0.2) is 0 Å². The first kappa shape index (κ1) is 14.4. The lowest BCUT2D eigenvalue weighted by atomic mass is 10.3. The van der Waals surface area contributed by atoms with Crippen LogP contribution in [0.3, 0.4) is 0 Å². The Morgan fingerprint density at radius 1 is 1.23 bits per heavy atom. The van der Waals surface area contributed by atoms with Gasteiger partial charge in [-0.1, -0.05) is 18.1 Å². The third-order valence-electron chi connectivity index (χ3n) is 3.37. The smallest absolute Gasteiger partial charge is 0.241 e. The topological polar surface area (TPSA) is 72.9 Å². The number of rotatable bonds is 7. The van der Waals surface area contributed by atoms with Crippen molar-refractivity contribution < 1.29 is 4.52 Å². The van der Waals surface area contributed by atoms with Crippen molar-refractivity contribution in [2.75, 3.05) is 13.1 Å². The standard InChI is InChI=1S/C15H18N6O/c1-2-20(10-11-21-9-5-8-17-21)12-14-18-15(19-22-14)13-6-3-4-7-16-13/h3-9H,2,10-12H2,1H3. The molecule has 7 heteroatoms. The number of hydrogen-bond donors (Lipinski definition) is 0. The molecule has 0 atom stereocenters. The minimum atomic E-state index is 0.527. The zero-order valence-corrected chi connectivity index (χ0v) is 12.5. The highest BCUT2D eigenvalue weighted by molar-refractivity contribution is 5.46. The molecule has 0 spiro atoms. The quantitative estimate of drug-likeness (QED) is 0.663. The third-order valence-corrected chi connectivity index (χ3v) is 3.37. The summed E-state index contributed by atoms with van der Waals surface area (Å²) in [6.07, 6.45) is 5.46. The Morgan fingerprint density at radius 3 is 2.91 bits per heavy atom. The summed E-state index contributed by atoms with van der Waals surface area (Å²) < 4.78 is 7.24. The first-order valence-electron chi connectivity index (χ1n) is 7.29. The van der Waals surface area contributed by atoms with Gasteiger partial charge in [-0.2, -0.15) is 10.1 Å². The van der Waals surface area contributed by atoms with Crippen LogP contribution in [0.1, 0.15) is 12.8 Å². The summed E-state index contributed by atoms with van der Waals surface area (Å²) in [5, 5.41) is 8.19. The fraction of sp³-hybridized carbons (Fsp3) is 0.333. The molecule has 0 aliphatic heterocycles. The van der Waals surface area contributed by atoms with Crippen LogP contribution in [0.5, 0.6) is 0 Å². The fourth-order valence-electron chi connectivity index (χ4n) is 2.14. The molecular formula is C15H18N6O. The molecule has 0 aromatic carbocycles. The van der Waals surface area contributed by atoms with E-state index in [0.29, 0.717) is 18.3 Å². The van der Waals surface area contributed by atoms with Gasteiger partial charge >= 0.3 is 0 Å². The summed E-state index contributed by atoms with van der Waals surface area (Å²) in [4.78, 5) is 10.9. The lowest BCUT2D eigenvalue weighted by Crippen LogP contribution is -2.27. The van der Waals surface area contributed by atoms with Crippen molar-refractivity contribution in [2.24, 2.45) is 0 Å². The van der Waals surface area contributed by atoms with E-state index in [0.717, 1.165) is 25.3 Å². The molecule has 7 nitrogen and oxygen atoms in total. The van der Waals surface area contributed by atoms with E-state index in [1.54, 1.807) is 12.4 Å². The Balaban J connectivity index is 1.60. The van der Waals surface area contributed by atoms with Crippen molar-refractivity contribution in [3.05, 3.63) is 48.7 Å². The van der Waals surface area contributed by atoms with Gasteiger partial charge in [0.05, 0.1) is 13.1 Å². The van der Waals surface area contributed by atoms with Crippen molar-refractivity contribution in [3.8, 4) is 11.5 Å². The number of pyridine rings is 1. The average molecular weight is 298 g/mol. The Morgan fingerprint density at radius 2 is 2.18 bits per heavy atom. The second-order valence-electron chi connectivity index (χ2n) is 4.86. The van der Waals surface area contributed by atoms with Gasteiger partial charge in [-0.15, -0.1) is 0 Å². The zero-order valence-electron chi connectivity index (χ0n) is 12.5. The van der Waals surface area contributed by atoms with Crippen LogP contribution < -0.4 is 0 Å². The Kier molecular flexibility index (Phi) is 4.55. The van der Waals surface area contributed by atoms with Crippen LogP contribution in [0.2, 0.25) is 0 Å². The molecule has 0 aliphatic carbocycles. The highest BCUT2D eigenvalue weighted by Crippen LogP contribution is 2.12. The van der Waals surface area contributed by atoms with Crippen LogP contribution in [-0.2, 0) is 13.1 Å². The fourth-order valence-corrected chi connectivity index (χ4v) is 2.14. The van der Waals surface area contributed by atoms with Crippen LogP contribution in [0.15, 0.2) is 47.4 Å². The molecular weight excluding hydrogens is 280 g/mol. The van der Waals surface area contributed by atoms with Gasteiger partial charge in [0, 0.05) is 25.1 Å². The van der Waals surface area contributed by atoms with Crippen molar-refractivity contribution >= 4 is 0 Å². The normalized spacial score (nSPS) is 11.2. The SMILES string of the molecule is CCN(CCn1cccn1)Cc1nc(-c2ccccn2)no1. The molecule has 0 aliphatic rings. The van der Waals surface area contributed by atoms with Gasteiger partial charge in [0.25, 0.3) is 0 Å². The molecule has 0 amide bonds. The van der Waals surface area contributed by atoms with E-state index in [1.165, 1.54) is 0 Å². The summed E-state index contributed by atoms with van der Waals surface area (Å²) in [6, 6.07) is 7.55. The van der Waals surface area contributed by atoms with Crippen LogP contribution in [0.25, 0.3) is 11.5 Å². The first-order chi connectivity index (χ1) is 10.8. The summed E-state index contributed by atoms with van der Waals surface area (Å²) in [5.41, 5.74) is 0.720. The van der Waals surface area contributed by atoms with Crippen LogP contribution >= 0.6 is 0 Å². The monoisotopic (exact) mass is 298 g/mol. The second-order valence-corrected chi connectivity index (χ2v) is 4.86. The Labute approximate surface area is 128 Å². The van der Waals surface area contributed by atoms with Gasteiger partial charge in [0.15, 0.2) is 0 Å². The summed E-state index contributed by atoms with van der Waals surface area (Å²) in [6.45, 7) is 5.35. The van der Waals surface area contributed by atoms with E-state index in [-0.39, 0.29) is 0 Å². The Hall–Kier alpha value is -2.54. The van der Waals surface area contributed by atoms with Crippen molar-refractivity contribution in [2.45, 2.75) is 20.0 Å². The summed E-state index contributed by atoms with van der Waals surface area (Å²) in [5.74, 6) is 1.13. The number of aromatic nitrogens is 5. The highest BCUT2D eigenvalue weighted by atomic mass is 16.5. The van der Waals surface area contributed by atoms with Gasteiger partial charge < -0.3 is 4.52 Å². The third kappa shape index (κ3) is 3.56. The largest absolute Gasteiger partial charge is 0.337 e. The molecule has 3 rings (SSSR count). The maximum atomic E-state index is 5.32. The Bertz CT molecular complexity index is 679. The predicted octanol–water partition coefficient (Wildman–Crippen LogP) is 1.85. The van der Waals surface area contributed by atoms with Gasteiger partial charge in [0.2, 0.25) is 11.7 Å². The number of likely N-dealkylation sites (N-methyl/N-ethyl adjacent to an activating group) is 1. The molecule has 114 valence electrons. The van der Waals surface area contributed by atoms with Crippen molar-refractivity contribution in [1.29, 1.82) is 0 Å². The molecule has 22 heavy (non-hydrogen) atoms. The van der Waals surface area contributed by atoms with E-state index in [2.05, 4.69) is 32.0 Å². The highest BCUT2D eigenvalue weighted by Gasteiger charge is 2.12. The number of hydrogen-bond acceptors (Lipinski definition) is 6. The lowest BCUT2D eigenvalue weighted by molar-refractivity contribution is 0.225. The maximum absolute atomic E-state index is 5.32. The van der Waals surface area contributed by atoms with E-state index in [9.17, 15) is 0 Å². The van der Waals surface area contributed by atoms with E-state index < -0.39 is 0 Å². The predicted molar refractivity (Wildman–Crippen MR) is 80.7 cm³/mol. The lowest BCUT2D eigenvalue weighted by Gasteiger charge is -2.17. The first-order valence-corrected chi connectivity index (χ1v) is 7.29. The van der Waals surface area contributed by atoms with E-state index in [1.807, 2.05) is 35.1 Å². The maximum Gasteiger partial charge on any atom is 0.241 e. The van der Waals surface area contributed by atoms with E-state index >= 15 is 0 Å². The zero-order chi connectivity index (χ0) is 15.2. The van der Waals surface area contributed by atoms with Crippen molar-refractivity contribution in [1.82, 2.24) is 29.8 Å².